The summed E-state index contributed by atoms with van der Waals surface area (Å²) in [5.74, 6) is 0.117. The van der Waals surface area contributed by atoms with Crippen molar-refractivity contribution in [2.45, 2.75) is 20.5 Å². The average molecular weight is 411 g/mol. The maximum Gasteiger partial charge on any atom is 0.343 e. The van der Waals surface area contributed by atoms with Crippen LogP contribution in [-0.2, 0) is 18.4 Å². The molecule has 0 atom stereocenters. The number of ether oxygens (including phenoxy) is 2. The molecule has 0 spiro atoms. The number of ketones is 1. The summed E-state index contributed by atoms with van der Waals surface area (Å²) in [6.07, 6.45) is 1.33. The van der Waals surface area contributed by atoms with E-state index in [1.807, 2.05) is 0 Å². The summed E-state index contributed by atoms with van der Waals surface area (Å²) >= 11 is 0. The minimum absolute atomic E-state index is 0.0252. The first-order valence-electron chi connectivity index (χ1n) is 9.22. The van der Waals surface area contributed by atoms with E-state index in [1.165, 1.54) is 23.9 Å². The molecule has 0 saturated carbocycles. The molecule has 9 nitrogen and oxygen atoms in total. The lowest BCUT2D eigenvalue weighted by atomic mass is 10.1. The van der Waals surface area contributed by atoms with Gasteiger partial charge in [-0.05, 0) is 50.2 Å². The highest BCUT2D eigenvalue weighted by Gasteiger charge is 2.21. The van der Waals surface area contributed by atoms with Gasteiger partial charge in [0.15, 0.2) is 11.5 Å². The Balaban J connectivity index is 1.63. The number of carbonyl (C=O) groups excluding carboxylic acids is 3. The zero-order chi connectivity index (χ0) is 21.7. The number of hydrogen-bond acceptors (Lipinski definition) is 7. The Morgan fingerprint density at radius 1 is 1.13 bits per heavy atom. The van der Waals surface area contributed by atoms with E-state index in [9.17, 15) is 14.4 Å². The fraction of sp³-hybridized carbons (Fsp3) is 0.238. The van der Waals surface area contributed by atoms with E-state index in [0.29, 0.717) is 17.1 Å². The number of hydrogen-bond donors (Lipinski definition) is 1. The van der Waals surface area contributed by atoms with Gasteiger partial charge in [0.05, 0.1) is 12.8 Å². The summed E-state index contributed by atoms with van der Waals surface area (Å²) in [5, 5.41) is 6.59. The fourth-order valence-electron chi connectivity index (χ4n) is 2.63. The molecule has 0 bridgehead atoms. The smallest absolute Gasteiger partial charge is 0.343 e. The highest BCUT2D eigenvalue weighted by molar-refractivity contribution is 6.05. The quantitative estimate of drug-likeness (QED) is 0.447. The Morgan fingerprint density at radius 3 is 2.53 bits per heavy atom. The van der Waals surface area contributed by atoms with Crippen LogP contribution in [0.1, 0.15) is 50.9 Å². The highest BCUT2D eigenvalue weighted by Crippen LogP contribution is 2.19. The van der Waals surface area contributed by atoms with Gasteiger partial charge in [-0.25, -0.2) is 4.79 Å². The van der Waals surface area contributed by atoms with Gasteiger partial charge in [-0.3, -0.25) is 14.3 Å². The van der Waals surface area contributed by atoms with E-state index in [0.717, 1.165) is 0 Å². The van der Waals surface area contributed by atoms with Crippen LogP contribution < -0.4 is 10.1 Å². The Morgan fingerprint density at radius 2 is 1.87 bits per heavy atom. The molecule has 0 aliphatic carbocycles. The lowest BCUT2D eigenvalue weighted by Crippen LogP contribution is -2.17. The van der Waals surface area contributed by atoms with Crippen molar-refractivity contribution in [3.05, 3.63) is 65.2 Å². The van der Waals surface area contributed by atoms with Crippen molar-refractivity contribution in [1.29, 1.82) is 0 Å². The zero-order valence-corrected chi connectivity index (χ0v) is 16.8. The molecule has 1 aromatic carbocycles. The third-order valence-corrected chi connectivity index (χ3v) is 4.19. The van der Waals surface area contributed by atoms with Crippen LogP contribution in [0.2, 0.25) is 0 Å². The molecule has 3 aromatic rings. The summed E-state index contributed by atoms with van der Waals surface area (Å²) in [6, 6.07) is 9.85. The maximum atomic E-state index is 12.5. The Kier molecular flexibility index (Phi) is 6.31. The van der Waals surface area contributed by atoms with E-state index >= 15 is 0 Å². The summed E-state index contributed by atoms with van der Waals surface area (Å²) in [6.45, 7) is 3.50. The fourth-order valence-corrected chi connectivity index (χ4v) is 2.63. The first-order chi connectivity index (χ1) is 14.4. The van der Waals surface area contributed by atoms with Gasteiger partial charge in [-0.1, -0.05) is 0 Å². The molecule has 156 valence electrons. The lowest BCUT2D eigenvalue weighted by molar-refractivity contribution is 0.0527. The Hall–Kier alpha value is -3.88. The maximum absolute atomic E-state index is 12.5. The Bertz CT molecular complexity index is 1060. The van der Waals surface area contributed by atoms with Crippen LogP contribution >= 0.6 is 0 Å². The lowest BCUT2D eigenvalue weighted by Gasteiger charge is -2.07. The highest BCUT2D eigenvalue weighted by atomic mass is 16.5. The first kappa shape index (κ1) is 20.8. The summed E-state index contributed by atoms with van der Waals surface area (Å²) in [7, 11) is 1.59. The van der Waals surface area contributed by atoms with Crippen LogP contribution in [0.5, 0.6) is 5.75 Å². The molecular formula is C21H21N3O6. The minimum atomic E-state index is -0.578. The van der Waals surface area contributed by atoms with Crippen molar-refractivity contribution in [3.63, 3.8) is 0 Å². The van der Waals surface area contributed by atoms with Crippen molar-refractivity contribution >= 4 is 23.5 Å². The molecule has 9 heteroatoms. The number of furan rings is 1. The van der Waals surface area contributed by atoms with Crippen molar-refractivity contribution in [3.8, 4) is 5.75 Å². The predicted octanol–water partition coefficient (Wildman–Crippen LogP) is 3.22. The third-order valence-electron chi connectivity index (χ3n) is 4.19. The molecular weight excluding hydrogens is 390 g/mol. The van der Waals surface area contributed by atoms with Crippen molar-refractivity contribution in [2.24, 2.45) is 7.05 Å². The number of Topliss-reactive ketones (excluding diaryl/α,β-unsaturated/α-hetero) is 1. The van der Waals surface area contributed by atoms with Gasteiger partial charge in [0.25, 0.3) is 5.91 Å². The predicted molar refractivity (Wildman–Crippen MR) is 107 cm³/mol. The van der Waals surface area contributed by atoms with Gasteiger partial charge in [0.1, 0.15) is 29.5 Å². The zero-order valence-electron chi connectivity index (χ0n) is 16.8. The topological polar surface area (TPSA) is 113 Å². The Labute approximate surface area is 172 Å². The van der Waals surface area contributed by atoms with Gasteiger partial charge in [-0.2, -0.15) is 5.10 Å². The molecule has 0 fully saturated rings. The average Bonchev–Trinajstić information content (AvgIpc) is 3.34. The standard InChI is InChI=1S/C21H21N3O6/c1-4-28-21(27)17-11-22-24(3)19(17)23-20(26)18-10-9-16(30-18)12-29-15-7-5-14(6-8-15)13(2)25/h5-11H,4,12H2,1-3H3,(H,23,26). The summed E-state index contributed by atoms with van der Waals surface area (Å²) in [5.41, 5.74) is 0.744. The van der Waals surface area contributed by atoms with Gasteiger partial charge in [0.2, 0.25) is 0 Å². The SMILES string of the molecule is CCOC(=O)c1cnn(C)c1NC(=O)c1ccc(COc2ccc(C(C)=O)cc2)o1. The number of aryl methyl sites for hydroxylation is 1. The number of rotatable bonds is 8. The molecule has 2 heterocycles. The second-order valence-corrected chi connectivity index (χ2v) is 6.34. The van der Waals surface area contributed by atoms with E-state index in [1.54, 1.807) is 44.3 Å². The third kappa shape index (κ3) is 4.75. The molecule has 2 aromatic heterocycles. The van der Waals surface area contributed by atoms with E-state index < -0.39 is 11.9 Å². The molecule has 0 aliphatic rings. The van der Waals surface area contributed by atoms with Crippen molar-refractivity contribution in [2.75, 3.05) is 11.9 Å². The number of aromatic nitrogens is 2. The van der Waals surface area contributed by atoms with Crippen LogP contribution in [0.4, 0.5) is 5.82 Å². The molecule has 0 radical (unpaired) electrons. The number of anilines is 1. The molecule has 3 rings (SSSR count). The summed E-state index contributed by atoms with van der Waals surface area (Å²) in [4.78, 5) is 35.8. The molecule has 0 aliphatic heterocycles. The second kappa shape index (κ2) is 9.08. The largest absolute Gasteiger partial charge is 0.486 e. The molecule has 0 unspecified atom stereocenters. The van der Waals surface area contributed by atoms with Crippen LogP contribution in [0.3, 0.4) is 0 Å². The number of nitrogens with zero attached hydrogens (tertiary/aromatic N) is 2. The molecule has 0 saturated heterocycles. The van der Waals surface area contributed by atoms with Crippen molar-refractivity contribution < 1.29 is 28.3 Å². The number of esters is 1. The number of amides is 1. The van der Waals surface area contributed by atoms with Gasteiger partial charge in [-0.15, -0.1) is 0 Å². The number of benzene rings is 1. The van der Waals surface area contributed by atoms with Crippen molar-refractivity contribution in [1.82, 2.24) is 9.78 Å². The summed E-state index contributed by atoms with van der Waals surface area (Å²) < 4.78 is 17.5. The molecule has 1 N–H and O–H groups in total. The monoisotopic (exact) mass is 411 g/mol. The minimum Gasteiger partial charge on any atom is -0.486 e. The van der Waals surface area contributed by atoms with E-state index in [2.05, 4.69) is 10.4 Å². The number of carbonyl (C=O) groups is 3. The van der Waals surface area contributed by atoms with Gasteiger partial charge in [0, 0.05) is 12.6 Å². The molecule has 1 amide bonds. The van der Waals surface area contributed by atoms with Gasteiger partial charge < -0.3 is 19.2 Å². The number of nitrogens with one attached hydrogen (secondary N) is 1. The van der Waals surface area contributed by atoms with Crippen LogP contribution in [0.25, 0.3) is 0 Å². The van der Waals surface area contributed by atoms with Crippen LogP contribution in [-0.4, -0.2) is 34.0 Å². The second-order valence-electron chi connectivity index (χ2n) is 6.34. The molecule has 30 heavy (non-hydrogen) atoms. The van der Waals surface area contributed by atoms with Gasteiger partial charge >= 0.3 is 5.97 Å². The van der Waals surface area contributed by atoms with Crippen LogP contribution in [0.15, 0.2) is 47.0 Å². The van der Waals surface area contributed by atoms with E-state index in [-0.39, 0.29) is 36.1 Å². The van der Waals surface area contributed by atoms with Crippen LogP contribution in [0, 0.1) is 0 Å². The normalized spacial score (nSPS) is 10.5. The van der Waals surface area contributed by atoms with E-state index in [4.69, 9.17) is 13.9 Å². The first-order valence-corrected chi connectivity index (χ1v) is 9.22.